The van der Waals surface area contributed by atoms with Crippen molar-refractivity contribution in [2.75, 3.05) is 0 Å². The number of nitro groups is 1. The zero-order chi connectivity index (χ0) is 11.6. The predicted octanol–water partition coefficient (Wildman–Crippen LogP) is 1.88. The van der Waals surface area contributed by atoms with Gasteiger partial charge in [0.25, 0.3) is 6.43 Å². The number of halogens is 3. The molecular formula is C7H3F3N2O3. The highest BCUT2D eigenvalue weighted by Gasteiger charge is 2.28. The third-order valence-electron chi connectivity index (χ3n) is 1.58. The van der Waals surface area contributed by atoms with E-state index in [1.807, 2.05) is 0 Å². The first-order valence-corrected chi connectivity index (χ1v) is 3.55. The van der Waals surface area contributed by atoms with Crippen LogP contribution in [0.15, 0.2) is 6.20 Å². The van der Waals surface area contributed by atoms with E-state index < -0.39 is 34.1 Å². The number of pyridine rings is 1. The molecule has 0 saturated carbocycles. The van der Waals surface area contributed by atoms with E-state index in [9.17, 15) is 28.1 Å². The van der Waals surface area contributed by atoms with E-state index in [4.69, 9.17) is 0 Å². The van der Waals surface area contributed by atoms with Gasteiger partial charge in [0.15, 0.2) is 12.0 Å². The minimum atomic E-state index is -3.23. The van der Waals surface area contributed by atoms with Crippen molar-refractivity contribution in [1.82, 2.24) is 4.98 Å². The van der Waals surface area contributed by atoms with Crippen LogP contribution >= 0.6 is 0 Å². The molecule has 1 aromatic heterocycles. The van der Waals surface area contributed by atoms with E-state index in [1.165, 1.54) is 0 Å². The number of aromatic nitrogens is 1. The Morgan fingerprint density at radius 3 is 2.53 bits per heavy atom. The number of carbonyl (C=O) groups excluding carboxylic acids is 1. The molecule has 1 rings (SSSR count). The van der Waals surface area contributed by atoms with Crippen molar-refractivity contribution in [2.24, 2.45) is 0 Å². The van der Waals surface area contributed by atoms with E-state index in [-0.39, 0.29) is 6.29 Å². The highest BCUT2D eigenvalue weighted by Crippen LogP contribution is 2.28. The Morgan fingerprint density at radius 1 is 1.53 bits per heavy atom. The van der Waals surface area contributed by atoms with Gasteiger partial charge in [-0.3, -0.25) is 14.9 Å². The van der Waals surface area contributed by atoms with E-state index >= 15 is 0 Å². The molecule has 15 heavy (non-hydrogen) atoms. The van der Waals surface area contributed by atoms with E-state index in [0.717, 1.165) is 0 Å². The SMILES string of the molecule is O=Cc1ncc(C(F)F)c(F)c1[N+](=O)[O-]. The minimum Gasteiger partial charge on any atom is -0.296 e. The molecule has 5 nitrogen and oxygen atoms in total. The second-order valence-electron chi connectivity index (χ2n) is 2.44. The molecule has 0 aliphatic heterocycles. The molecule has 80 valence electrons. The number of hydrogen-bond acceptors (Lipinski definition) is 4. The fourth-order valence-corrected chi connectivity index (χ4v) is 0.918. The topological polar surface area (TPSA) is 73.1 Å². The molecule has 1 heterocycles. The molecule has 0 fully saturated rings. The van der Waals surface area contributed by atoms with Gasteiger partial charge in [-0.15, -0.1) is 0 Å². The lowest BCUT2D eigenvalue weighted by Crippen LogP contribution is -2.04. The summed E-state index contributed by atoms with van der Waals surface area (Å²) in [6, 6.07) is 0. The van der Waals surface area contributed by atoms with Crippen LogP contribution < -0.4 is 0 Å². The van der Waals surface area contributed by atoms with Gasteiger partial charge in [0.1, 0.15) is 0 Å². The average molecular weight is 220 g/mol. The summed E-state index contributed by atoms with van der Waals surface area (Å²) in [4.78, 5) is 22.3. The van der Waals surface area contributed by atoms with E-state index in [1.54, 1.807) is 0 Å². The van der Waals surface area contributed by atoms with Gasteiger partial charge >= 0.3 is 5.69 Å². The van der Waals surface area contributed by atoms with Crippen LogP contribution in [0.1, 0.15) is 22.5 Å². The summed E-state index contributed by atoms with van der Waals surface area (Å²) in [5.41, 5.74) is -3.35. The number of carbonyl (C=O) groups is 1. The van der Waals surface area contributed by atoms with Crippen molar-refractivity contribution in [2.45, 2.75) is 6.43 Å². The first-order chi connectivity index (χ1) is 6.99. The van der Waals surface area contributed by atoms with Crippen LogP contribution in [0.5, 0.6) is 0 Å². The molecule has 0 unspecified atom stereocenters. The summed E-state index contributed by atoms with van der Waals surface area (Å²) < 4.78 is 37.3. The lowest BCUT2D eigenvalue weighted by atomic mass is 10.2. The van der Waals surface area contributed by atoms with Crippen molar-refractivity contribution in [3.63, 3.8) is 0 Å². The van der Waals surface area contributed by atoms with Crippen LogP contribution in [0.2, 0.25) is 0 Å². The van der Waals surface area contributed by atoms with Gasteiger partial charge in [-0.05, 0) is 0 Å². The number of aldehydes is 1. The molecule has 0 spiro atoms. The maximum Gasteiger partial charge on any atom is 0.334 e. The lowest BCUT2D eigenvalue weighted by Gasteiger charge is -2.02. The first kappa shape index (κ1) is 11.1. The Hall–Kier alpha value is -1.99. The standard InChI is InChI=1S/C7H3F3N2O3/c8-5-3(7(9)10)1-11-4(2-13)6(5)12(14)15/h1-2,7H. The van der Waals surface area contributed by atoms with Crippen molar-refractivity contribution in [3.05, 3.63) is 33.4 Å². The second kappa shape index (κ2) is 4.03. The maximum atomic E-state index is 13.1. The van der Waals surface area contributed by atoms with Crippen LogP contribution in [0.25, 0.3) is 0 Å². The third kappa shape index (κ3) is 1.92. The number of rotatable bonds is 3. The van der Waals surface area contributed by atoms with Gasteiger partial charge in [0, 0.05) is 6.20 Å². The Kier molecular flexibility index (Phi) is 2.98. The van der Waals surface area contributed by atoms with Crippen molar-refractivity contribution in [1.29, 1.82) is 0 Å². The summed E-state index contributed by atoms with van der Waals surface area (Å²) in [7, 11) is 0. The highest BCUT2D eigenvalue weighted by molar-refractivity contribution is 5.78. The van der Waals surface area contributed by atoms with Gasteiger partial charge in [-0.2, -0.15) is 4.39 Å². The summed E-state index contributed by atoms with van der Waals surface area (Å²) in [5, 5.41) is 10.3. The fraction of sp³-hybridized carbons (Fsp3) is 0.143. The fourth-order valence-electron chi connectivity index (χ4n) is 0.918. The smallest absolute Gasteiger partial charge is 0.296 e. The molecule has 0 bridgehead atoms. The normalized spacial score (nSPS) is 10.4. The van der Waals surface area contributed by atoms with Crippen LogP contribution in [0.3, 0.4) is 0 Å². The molecule has 0 radical (unpaired) electrons. The average Bonchev–Trinajstić information content (AvgIpc) is 2.15. The van der Waals surface area contributed by atoms with Gasteiger partial charge in [0.2, 0.25) is 5.82 Å². The number of alkyl halides is 2. The van der Waals surface area contributed by atoms with E-state index in [2.05, 4.69) is 4.98 Å². The van der Waals surface area contributed by atoms with Crippen molar-refractivity contribution >= 4 is 12.0 Å². The zero-order valence-electron chi connectivity index (χ0n) is 6.99. The number of hydrogen-bond donors (Lipinski definition) is 0. The molecule has 0 saturated heterocycles. The van der Waals surface area contributed by atoms with Crippen LogP contribution in [-0.4, -0.2) is 16.2 Å². The second-order valence-corrected chi connectivity index (χ2v) is 2.44. The molecule has 0 amide bonds. The Bertz CT molecular complexity index is 422. The summed E-state index contributed by atoms with van der Waals surface area (Å²) >= 11 is 0. The summed E-state index contributed by atoms with van der Waals surface area (Å²) in [6.45, 7) is 0. The van der Waals surface area contributed by atoms with Gasteiger partial charge in [0.05, 0.1) is 10.5 Å². The summed E-state index contributed by atoms with van der Waals surface area (Å²) in [5.74, 6) is -1.73. The monoisotopic (exact) mass is 220 g/mol. The lowest BCUT2D eigenvalue weighted by molar-refractivity contribution is -0.388. The maximum absolute atomic E-state index is 13.1. The van der Waals surface area contributed by atoms with Crippen molar-refractivity contribution in [3.8, 4) is 0 Å². The van der Waals surface area contributed by atoms with Crippen LogP contribution in [0.4, 0.5) is 18.9 Å². The van der Waals surface area contributed by atoms with Crippen LogP contribution in [-0.2, 0) is 0 Å². The Labute approximate surface area is 80.7 Å². The van der Waals surface area contributed by atoms with Gasteiger partial charge in [-0.25, -0.2) is 13.8 Å². The summed E-state index contributed by atoms with van der Waals surface area (Å²) in [6.07, 6.45) is -2.90. The van der Waals surface area contributed by atoms with Gasteiger partial charge < -0.3 is 0 Å². The Morgan fingerprint density at radius 2 is 2.13 bits per heavy atom. The quantitative estimate of drug-likeness (QED) is 0.442. The first-order valence-electron chi connectivity index (χ1n) is 3.55. The minimum absolute atomic E-state index is 0.0730. The molecule has 0 N–H and O–H groups in total. The molecule has 8 heteroatoms. The molecule has 0 aliphatic rings. The Balaban J connectivity index is 3.49. The van der Waals surface area contributed by atoms with Crippen LogP contribution in [0, 0.1) is 15.9 Å². The van der Waals surface area contributed by atoms with Crippen molar-refractivity contribution < 1.29 is 22.9 Å². The van der Waals surface area contributed by atoms with Gasteiger partial charge in [-0.1, -0.05) is 0 Å². The zero-order valence-corrected chi connectivity index (χ0v) is 6.99. The molecule has 0 aliphatic carbocycles. The predicted molar refractivity (Wildman–Crippen MR) is 41.2 cm³/mol. The highest BCUT2D eigenvalue weighted by atomic mass is 19.3. The third-order valence-corrected chi connectivity index (χ3v) is 1.58. The largest absolute Gasteiger partial charge is 0.334 e. The number of nitrogens with zero attached hydrogens (tertiary/aromatic N) is 2. The molecule has 0 atom stereocenters. The van der Waals surface area contributed by atoms with E-state index in [0.29, 0.717) is 6.20 Å². The molecular weight excluding hydrogens is 217 g/mol. The molecule has 0 aromatic carbocycles. The molecule has 1 aromatic rings.